The highest BCUT2D eigenvalue weighted by atomic mass is 16.5. The molecule has 1 aromatic heterocycles. The van der Waals surface area contributed by atoms with E-state index in [0.29, 0.717) is 18.5 Å². The lowest BCUT2D eigenvalue weighted by Crippen LogP contribution is -2.20. The summed E-state index contributed by atoms with van der Waals surface area (Å²) in [6, 6.07) is 15.1. The van der Waals surface area contributed by atoms with Crippen LogP contribution in [0.3, 0.4) is 0 Å². The highest BCUT2D eigenvalue weighted by Crippen LogP contribution is 2.19. The van der Waals surface area contributed by atoms with Crippen LogP contribution in [0.4, 0.5) is 0 Å². The minimum Gasteiger partial charge on any atom is -0.469 e. The number of pyridine rings is 1. The standard InChI is InChI=1S/C18H19NO3/c1-22-17(20)11-10-15(13-14-7-3-2-4-8-14)18(21)16-9-5-6-12-19-16/h2-9,12,15H,10-11,13H2,1H3/t15-/m1/s1. The zero-order chi connectivity index (χ0) is 15.8. The van der Waals surface area contributed by atoms with E-state index in [4.69, 9.17) is 0 Å². The summed E-state index contributed by atoms with van der Waals surface area (Å²) in [6.45, 7) is 0. The number of ketones is 1. The fourth-order valence-corrected chi connectivity index (χ4v) is 2.34. The Hall–Kier alpha value is -2.49. The number of nitrogens with zero attached hydrogens (tertiary/aromatic N) is 1. The smallest absolute Gasteiger partial charge is 0.305 e. The summed E-state index contributed by atoms with van der Waals surface area (Å²) < 4.78 is 4.67. The molecule has 0 saturated heterocycles. The van der Waals surface area contributed by atoms with E-state index in [0.717, 1.165) is 5.56 Å². The molecule has 0 fully saturated rings. The van der Waals surface area contributed by atoms with Gasteiger partial charge in [0.25, 0.3) is 0 Å². The third-order valence-corrected chi connectivity index (χ3v) is 3.54. The molecule has 1 heterocycles. The number of esters is 1. The largest absolute Gasteiger partial charge is 0.469 e. The van der Waals surface area contributed by atoms with Gasteiger partial charge in [-0.05, 0) is 30.5 Å². The van der Waals surface area contributed by atoms with Gasteiger partial charge in [-0.25, -0.2) is 0 Å². The maximum Gasteiger partial charge on any atom is 0.305 e. The molecule has 2 rings (SSSR count). The normalized spacial score (nSPS) is 11.7. The van der Waals surface area contributed by atoms with Crippen LogP contribution in [-0.4, -0.2) is 23.8 Å². The first-order valence-corrected chi connectivity index (χ1v) is 7.26. The topological polar surface area (TPSA) is 56.3 Å². The third kappa shape index (κ3) is 4.52. The van der Waals surface area contributed by atoms with Crippen molar-refractivity contribution < 1.29 is 14.3 Å². The van der Waals surface area contributed by atoms with E-state index in [2.05, 4.69) is 9.72 Å². The maximum atomic E-state index is 12.6. The van der Waals surface area contributed by atoms with Crippen LogP contribution in [0, 0.1) is 5.92 Å². The highest BCUT2D eigenvalue weighted by Gasteiger charge is 2.22. The molecule has 4 nitrogen and oxygen atoms in total. The molecule has 1 aromatic carbocycles. The van der Waals surface area contributed by atoms with Gasteiger partial charge in [0.1, 0.15) is 5.69 Å². The Balaban J connectivity index is 2.13. The van der Waals surface area contributed by atoms with Gasteiger partial charge >= 0.3 is 5.97 Å². The Morgan fingerprint density at radius 2 is 1.82 bits per heavy atom. The summed E-state index contributed by atoms with van der Waals surface area (Å²) in [6.07, 6.45) is 2.88. The first-order chi connectivity index (χ1) is 10.7. The SMILES string of the molecule is COC(=O)CC[C@H](Cc1ccccc1)C(=O)c1ccccn1. The van der Waals surface area contributed by atoms with Crippen molar-refractivity contribution in [2.75, 3.05) is 7.11 Å². The number of hydrogen-bond donors (Lipinski definition) is 0. The first kappa shape index (κ1) is 15.9. The van der Waals surface area contributed by atoms with Crippen LogP contribution in [-0.2, 0) is 16.0 Å². The van der Waals surface area contributed by atoms with E-state index in [1.807, 2.05) is 30.3 Å². The van der Waals surface area contributed by atoms with Crippen molar-refractivity contribution in [3.8, 4) is 0 Å². The molecule has 0 spiro atoms. The number of carbonyl (C=O) groups excluding carboxylic acids is 2. The summed E-state index contributed by atoms with van der Waals surface area (Å²) in [4.78, 5) is 28.1. The molecule has 0 aliphatic rings. The molecule has 4 heteroatoms. The second kappa shape index (κ2) is 8.08. The van der Waals surface area contributed by atoms with E-state index in [-0.39, 0.29) is 24.1 Å². The molecule has 22 heavy (non-hydrogen) atoms. The van der Waals surface area contributed by atoms with Crippen LogP contribution in [0.2, 0.25) is 0 Å². The number of methoxy groups -OCH3 is 1. The molecule has 114 valence electrons. The van der Waals surface area contributed by atoms with Gasteiger partial charge in [0, 0.05) is 18.5 Å². The van der Waals surface area contributed by atoms with Gasteiger partial charge in [-0.3, -0.25) is 14.6 Å². The van der Waals surface area contributed by atoms with Gasteiger partial charge in [0.05, 0.1) is 7.11 Å². The van der Waals surface area contributed by atoms with Gasteiger partial charge in [0.15, 0.2) is 5.78 Å². The average molecular weight is 297 g/mol. The van der Waals surface area contributed by atoms with Crippen molar-refractivity contribution in [1.29, 1.82) is 0 Å². The predicted molar refractivity (Wildman–Crippen MR) is 83.5 cm³/mol. The number of Topliss-reactive ketones (excluding diaryl/α,β-unsaturated/α-hetero) is 1. The number of rotatable bonds is 7. The number of carbonyl (C=O) groups is 2. The number of benzene rings is 1. The van der Waals surface area contributed by atoms with Crippen LogP contribution >= 0.6 is 0 Å². The Morgan fingerprint density at radius 3 is 2.45 bits per heavy atom. The van der Waals surface area contributed by atoms with Crippen molar-refractivity contribution in [3.05, 3.63) is 66.0 Å². The second-order valence-electron chi connectivity index (χ2n) is 5.08. The Morgan fingerprint density at radius 1 is 1.09 bits per heavy atom. The number of ether oxygens (including phenoxy) is 1. The molecule has 0 N–H and O–H groups in total. The van der Waals surface area contributed by atoms with E-state index in [9.17, 15) is 9.59 Å². The molecule has 0 aliphatic heterocycles. The molecular formula is C18H19NO3. The fourth-order valence-electron chi connectivity index (χ4n) is 2.34. The van der Waals surface area contributed by atoms with Crippen LogP contribution in [0.15, 0.2) is 54.7 Å². The molecule has 0 radical (unpaired) electrons. The average Bonchev–Trinajstić information content (AvgIpc) is 2.59. The molecule has 0 amide bonds. The Kier molecular flexibility index (Phi) is 5.83. The predicted octanol–water partition coefficient (Wildman–Crippen LogP) is 3.08. The molecule has 0 aliphatic carbocycles. The zero-order valence-corrected chi connectivity index (χ0v) is 12.6. The van der Waals surface area contributed by atoms with Crippen molar-refractivity contribution in [2.45, 2.75) is 19.3 Å². The minimum absolute atomic E-state index is 0.0339. The Bertz CT molecular complexity index is 611. The van der Waals surface area contributed by atoms with Gasteiger partial charge in [0.2, 0.25) is 0 Å². The summed E-state index contributed by atoms with van der Waals surface area (Å²) in [5.74, 6) is -0.614. The second-order valence-corrected chi connectivity index (χ2v) is 5.08. The molecule has 2 aromatic rings. The van der Waals surface area contributed by atoms with Gasteiger partial charge in [-0.2, -0.15) is 0 Å². The highest BCUT2D eigenvalue weighted by molar-refractivity contribution is 5.96. The fraction of sp³-hybridized carbons (Fsp3) is 0.278. The number of hydrogen-bond acceptors (Lipinski definition) is 4. The quantitative estimate of drug-likeness (QED) is 0.582. The van der Waals surface area contributed by atoms with E-state index < -0.39 is 0 Å². The zero-order valence-electron chi connectivity index (χ0n) is 12.6. The molecule has 1 atom stereocenters. The number of aromatic nitrogens is 1. The molecule has 0 saturated carbocycles. The van der Waals surface area contributed by atoms with E-state index >= 15 is 0 Å². The van der Waals surface area contributed by atoms with Crippen LogP contribution in [0.1, 0.15) is 28.9 Å². The van der Waals surface area contributed by atoms with Crippen molar-refractivity contribution in [3.63, 3.8) is 0 Å². The summed E-state index contributed by atoms with van der Waals surface area (Å²) in [5, 5.41) is 0. The Labute approximate surface area is 130 Å². The summed E-state index contributed by atoms with van der Waals surface area (Å²) in [7, 11) is 1.36. The van der Waals surface area contributed by atoms with Gasteiger partial charge in [-0.15, -0.1) is 0 Å². The third-order valence-electron chi connectivity index (χ3n) is 3.54. The molecular weight excluding hydrogens is 278 g/mol. The summed E-state index contributed by atoms with van der Waals surface area (Å²) in [5.41, 5.74) is 1.51. The van der Waals surface area contributed by atoms with E-state index in [1.165, 1.54) is 7.11 Å². The van der Waals surface area contributed by atoms with Crippen molar-refractivity contribution in [2.24, 2.45) is 5.92 Å². The van der Waals surface area contributed by atoms with Crippen LogP contribution in [0.25, 0.3) is 0 Å². The lowest BCUT2D eigenvalue weighted by molar-refractivity contribution is -0.140. The van der Waals surface area contributed by atoms with Crippen molar-refractivity contribution >= 4 is 11.8 Å². The minimum atomic E-state index is -0.299. The lowest BCUT2D eigenvalue weighted by Gasteiger charge is -2.15. The lowest BCUT2D eigenvalue weighted by atomic mass is 9.89. The molecule has 0 bridgehead atoms. The van der Waals surface area contributed by atoms with Crippen molar-refractivity contribution in [1.82, 2.24) is 4.98 Å². The van der Waals surface area contributed by atoms with Gasteiger partial charge in [-0.1, -0.05) is 36.4 Å². The first-order valence-electron chi connectivity index (χ1n) is 7.26. The monoisotopic (exact) mass is 297 g/mol. The van der Waals surface area contributed by atoms with Crippen LogP contribution < -0.4 is 0 Å². The van der Waals surface area contributed by atoms with Crippen LogP contribution in [0.5, 0.6) is 0 Å². The van der Waals surface area contributed by atoms with E-state index in [1.54, 1.807) is 24.4 Å². The molecule has 0 unspecified atom stereocenters. The maximum absolute atomic E-state index is 12.6. The summed E-state index contributed by atoms with van der Waals surface area (Å²) >= 11 is 0. The van der Waals surface area contributed by atoms with Gasteiger partial charge < -0.3 is 4.74 Å².